The maximum Gasteiger partial charge on any atom is 0.239 e. The first-order valence-corrected chi connectivity index (χ1v) is 5.04. The van der Waals surface area contributed by atoms with Crippen LogP contribution in [0.5, 0.6) is 0 Å². The van der Waals surface area contributed by atoms with E-state index in [1.165, 1.54) is 0 Å². The molecule has 0 saturated carbocycles. The summed E-state index contributed by atoms with van der Waals surface area (Å²) in [6, 6.07) is 1.98. The summed E-state index contributed by atoms with van der Waals surface area (Å²) in [6.07, 6.45) is 2.53. The van der Waals surface area contributed by atoms with E-state index < -0.39 is 5.92 Å². The maximum absolute atomic E-state index is 11.7. The Morgan fingerprint density at radius 2 is 2.07 bits per heavy atom. The molecule has 0 aliphatic carbocycles. The molecule has 0 aromatic carbocycles. The molecule has 76 valence electrons. The van der Waals surface area contributed by atoms with Gasteiger partial charge in [-0.05, 0) is 19.8 Å². The van der Waals surface area contributed by atoms with Gasteiger partial charge in [0.15, 0.2) is 0 Å². The molecule has 2 rings (SSSR count). The summed E-state index contributed by atoms with van der Waals surface area (Å²) < 4.78 is 5.61. The smallest absolute Gasteiger partial charge is 0.239 e. The third-order valence-electron chi connectivity index (χ3n) is 2.92. The molecule has 2 bridgehead atoms. The molecule has 4 heteroatoms. The summed E-state index contributed by atoms with van der Waals surface area (Å²) in [5.41, 5.74) is 0. The van der Waals surface area contributed by atoms with Crippen molar-refractivity contribution in [1.29, 1.82) is 5.26 Å². The molecule has 2 fully saturated rings. The van der Waals surface area contributed by atoms with Gasteiger partial charge in [0.2, 0.25) is 5.91 Å². The second kappa shape index (κ2) is 3.58. The van der Waals surface area contributed by atoms with E-state index in [2.05, 4.69) is 0 Å². The van der Waals surface area contributed by atoms with Gasteiger partial charge in [0.1, 0.15) is 5.92 Å². The minimum Gasteiger partial charge on any atom is -0.371 e. The summed E-state index contributed by atoms with van der Waals surface area (Å²) >= 11 is 0. The van der Waals surface area contributed by atoms with Crippen LogP contribution >= 0.6 is 0 Å². The highest BCUT2D eigenvalue weighted by Gasteiger charge is 2.36. The van der Waals surface area contributed by atoms with E-state index in [0.717, 1.165) is 12.8 Å². The number of nitriles is 1. The van der Waals surface area contributed by atoms with Gasteiger partial charge in [-0.2, -0.15) is 5.26 Å². The van der Waals surface area contributed by atoms with Crippen LogP contribution in [-0.2, 0) is 9.53 Å². The number of hydrogen-bond acceptors (Lipinski definition) is 3. The number of morpholine rings is 1. The molecule has 4 nitrogen and oxygen atoms in total. The van der Waals surface area contributed by atoms with E-state index in [1.807, 2.05) is 6.07 Å². The fourth-order valence-electron chi connectivity index (χ4n) is 2.12. The zero-order valence-electron chi connectivity index (χ0n) is 8.27. The SMILES string of the molecule is CC(C#N)C(=O)N1CC2CCC(C1)O2. The van der Waals surface area contributed by atoms with E-state index in [-0.39, 0.29) is 18.1 Å². The number of rotatable bonds is 1. The number of hydrogen-bond donors (Lipinski definition) is 0. The van der Waals surface area contributed by atoms with E-state index in [0.29, 0.717) is 13.1 Å². The molecule has 2 aliphatic rings. The Kier molecular flexibility index (Phi) is 2.42. The molecule has 0 N–H and O–H groups in total. The lowest BCUT2D eigenvalue weighted by Gasteiger charge is -2.32. The molecule has 0 aromatic heterocycles. The number of nitrogens with zero attached hydrogens (tertiary/aromatic N) is 2. The van der Waals surface area contributed by atoms with Crippen LogP contribution in [0.25, 0.3) is 0 Å². The Morgan fingerprint density at radius 3 is 2.57 bits per heavy atom. The van der Waals surface area contributed by atoms with Crippen LogP contribution in [0.3, 0.4) is 0 Å². The first-order valence-electron chi connectivity index (χ1n) is 5.04. The van der Waals surface area contributed by atoms with Crippen LogP contribution in [0.1, 0.15) is 19.8 Å². The highest BCUT2D eigenvalue weighted by Crippen LogP contribution is 2.26. The summed E-state index contributed by atoms with van der Waals surface area (Å²) in [5, 5.41) is 8.65. The van der Waals surface area contributed by atoms with Crippen molar-refractivity contribution in [2.45, 2.75) is 32.0 Å². The van der Waals surface area contributed by atoms with E-state index in [1.54, 1.807) is 11.8 Å². The summed E-state index contributed by atoms with van der Waals surface area (Å²) in [7, 11) is 0. The molecule has 2 aliphatic heterocycles. The summed E-state index contributed by atoms with van der Waals surface area (Å²) in [4.78, 5) is 13.5. The van der Waals surface area contributed by atoms with Crippen molar-refractivity contribution in [3.63, 3.8) is 0 Å². The van der Waals surface area contributed by atoms with Gasteiger partial charge in [0.25, 0.3) is 0 Å². The van der Waals surface area contributed by atoms with Crippen molar-refractivity contribution >= 4 is 5.91 Å². The zero-order chi connectivity index (χ0) is 10.1. The van der Waals surface area contributed by atoms with Crippen molar-refractivity contribution < 1.29 is 9.53 Å². The van der Waals surface area contributed by atoms with E-state index in [4.69, 9.17) is 10.00 Å². The quantitative estimate of drug-likeness (QED) is 0.612. The third kappa shape index (κ3) is 1.60. The average Bonchev–Trinajstić information content (AvgIpc) is 2.55. The molecule has 0 radical (unpaired) electrons. The van der Waals surface area contributed by atoms with Gasteiger partial charge in [0, 0.05) is 13.1 Å². The van der Waals surface area contributed by atoms with Crippen molar-refractivity contribution in [3.05, 3.63) is 0 Å². The topological polar surface area (TPSA) is 53.3 Å². The molecule has 3 atom stereocenters. The maximum atomic E-state index is 11.7. The Labute approximate surface area is 83.4 Å². The molecular weight excluding hydrogens is 180 g/mol. The molecule has 14 heavy (non-hydrogen) atoms. The van der Waals surface area contributed by atoms with Crippen molar-refractivity contribution in [1.82, 2.24) is 4.90 Å². The summed E-state index contributed by atoms with van der Waals surface area (Å²) in [5.74, 6) is -0.569. The number of fused-ring (bicyclic) bond motifs is 2. The first kappa shape index (κ1) is 9.47. The van der Waals surface area contributed by atoms with Crippen molar-refractivity contribution in [2.24, 2.45) is 5.92 Å². The van der Waals surface area contributed by atoms with Crippen LogP contribution in [0.15, 0.2) is 0 Å². The Hall–Kier alpha value is -1.08. The lowest BCUT2D eigenvalue weighted by Crippen LogP contribution is -2.47. The standard InChI is InChI=1S/C10H14N2O2/c1-7(4-11)10(13)12-5-8-2-3-9(6-12)14-8/h7-9H,2-3,5-6H2,1H3. The lowest BCUT2D eigenvalue weighted by molar-refractivity contribution is -0.141. The van der Waals surface area contributed by atoms with Crippen molar-refractivity contribution in [2.75, 3.05) is 13.1 Å². The normalized spacial score (nSPS) is 32.4. The van der Waals surface area contributed by atoms with Gasteiger partial charge in [0.05, 0.1) is 18.3 Å². The number of likely N-dealkylation sites (tertiary alicyclic amines) is 1. The molecular formula is C10H14N2O2. The Balaban J connectivity index is 2.00. The largest absolute Gasteiger partial charge is 0.371 e. The zero-order valence-corrected chi connectivity index (χ0v) is 8.27. The molecule has 2 saturated heterocycles. The molecule has 0 spiro atoms. The highest BCUT2D eigenvalue weighted by molar-refractivity contribution is 5.81. The number of carbonyl (C=O) groups excluding carboxylic acids is 1. The van der Waals surface area contributed by atoms with Crippen LogP contribution in [0.4, 0.5) is 0 Å². The van der Waals surface area contributed by atoms with Gasteiger partial charge in [-0.25, -0.2) is 0 Å². The predicted molar refractivity (Wildman–Crippen MR) is 49.3 cm³/mol. The predicted octanol–water partition coefficient (Wildman–Crippen LogP) is 0.536. The number of ether oxygens (including phenoxy) is 1. The molecule has 1 amide bonds. The van der Waals surface area contributed by atoms with Crippen LogP contribution < -0.4 is 0 Å². The Morgan fingerprint density at radius 1 is 1.50 bits per heavy atom. The average molecular weight is 194 g/mol. The molecule has 0 aromatic rings. The van der Waals surface area contributed by atoms with Crippen LogP contribution in [-0.4, -0.2) is 36.1 Å². The molecule has 3 unspecified atom stereocenters. The minimum absolute atomic E-state index is 0.0484. The molecule has 2 heterocycles. The minimum atomic E-state index is -0.521. The van der Waals surface area contributed by atoms with Crippen LogP contribution in [0, 0.1) is 17.2 Å². The van der Waals surface area contributed by atoms with Gasteiger partial charge in [-0.3, -0.25) is 4.79 Å². The first-order chi connectivity index (χ1) is 6.70. The number of carbonyl (C=O) groups is 1. The van der Waals surface area contributed by atoms with Gasteiger partial charge in [-0.15, -0.1) is 0 Å². The highest BCUT2D eigenvalue weighted by atomic mass is 16.5. The van der Waals surface area contributed by atoms with E-state index >= 15 is 0 Å². The van der Waals surface area contributed by atoms with E-state index in [9.17, 15) is 4.79 Å². The monoisotopic (exact) mass is 194 g/mol. The fraction of sp³-hybridized carbons (Fsp3) is 0.800. The number of amides is 1. The fourth-order valence-corrected chi connectivity index (χ4v) is 2.12. The lowest BCUT2D eigenvalue weighted by atomic mass is 10.1. The van der Waals surface area contributed by atoms with Gasteiger partial charge < -0.3 is 9.64 Å². The van der Waals surface area contributed by atoms with Gasteiger partial charge in [-0.1, -0.05) is 0 Å². The second-order valence-corrected chi connectivity index (χ2v) is 4.05. The Bertz CT molecular complexity index is 272. The summed E-state index contributed by atoms with van der Waals surface area (Å²) in [6.45, 7) is 2.99. The third-order valence-corrected chi connectivity index (χ3v) is 2.92. The van der Waals surface area contributed by atoms with Gasteiger partial charge >= 0.3 is 0 Å². The second-order valence-electron chi connectivity index (χ2n) is 4.05. The van der Waals surface area contributed by atoms with Crippen LogP contribution in [0.2, 0.25) is 0 Å². The van der Waals surface area contributed by atoms with Crippen molar-refractivity contribution in [3.8, 4) is 6.07 Å².